The second-order valence-corrected chi connectivity index (χ2v) is 6.21. The standard InChI is InChI=1S/C15H28/c1-3-13-6-10-15(11-7-13)14-8-4-12(2)5-9-14/h12-15H,3-11H2,1-2H3/t12-,13-,14-,15-. The predicted octanol–water partition coefficient (Wildman–Crippen LogP) is 5.03. The van der Waals surface area contributed by atoms with Gasteiger partial charge in [-0.15, -0.1) is 0 Å². The van der Waals surface area contributed by atoms with Gasteiger partial charge in [-0.3, -0.25) is 0 Å². The smallest absolute Gasteiger partial charge is 0.0386 e. The Hall–Kier alpha value is 0. The zero-order chi connectivity index (χ0) is 10.7. The van der Waals surface area contributed by atoms with Crippen molar-refractivity contribution in [3.05, 3.63) is 0 Å². The van der Waals surface area contributed by atoms with E-state index in [9.17, 15) is 0 Å². The minimum absolute atomic E-state index is 1.02. The third-order valence-corrected chi connectivity index (χ3v) is 5.20. The summed E-state index contributed by atoms with van der Waals surface area (Å²) in [5.74, 6) is 4.32. The van der Waals surface area contributed by atoms with Gasteiger partial charge in [0, 0.05) is 0 Å². The van der Waals surface area contributed by atoms with Gasteiger partial charge in [0.15, 0.2) is 0 Å². The second-order valence-electron chi connectivity index (χ2n) is 6.21. The maximum atomic E-state index is 2.43. The van der Waals surface area contributed by atoms with Gasteiger partial charge in [-0.05, 0) is 49.4 Å². The Morgan fingerprint density at radius 2 is 1.20 bits per heavy atom. The molecule has 2 saturated carbocycles. The Kier molecular flexibility index (Phi) is 4.11. The third kappa shape index (κ3) is 2.98. The molecule has 0 spiro atoms. The van der Waals surface area contributed by atoms with Crippen LogP contribution in [0.4, 0.5) is 0 Å². The molecule has 0 N–H and O–H groups in total. The second kappa shape index (κ2) is 5.37. The van der Waals surface area contributed by atoms with Crippen molar-refractivity contribution in [2.45, 2.75) is 71.6 Å². The van der Waals surface area contributed by atoms with Crippen molar-refractivity contribution in [2.75, 3.05) is 0 Å². The van der Waals surface area contributed by atoms with Gasteiger partial charge in [-0.25, -0.2) is 0 Å². The maximum Gasteiger partial charge on any atom is -0.0386 e. The molecule has 0 heterocycles. The lowest BCUT2D eigenvalue weighted by molar-refractivity contribution is 0.149. The first-order valence-electron chi connectivity index (χ1n) is 7.29. The van der Waals surface area contributed by atoms with E-state index in [2.05, 4.69) is 13.8 Å². The molecule has 2 aliphatic carbocycles. The van der Waals surface area contributed by atoms with Crippen LogP contribution in [0.2, 0.25) is 0 Å². The van der Waals surface area contributed by atoms with Crippen LogP contribution in [-0.2, 0) is 0 Å². The van der Waals surface area contributed by atoms with Gasteiger partial charge in [0.05, 0.1) is 0 Å². The minimum Gasteiger partial charge on any atom is -0.0651 e. The van der Waals surface area contributed by atoms with Crippen LogP contribution >= 0.6 is 0 Å². The van der Waals surface area contributed by atoms with Crippen molar-refractivity contribution >= 4 is 0 Å². The summed E-state index contributed by atoms with van der Waals surface area (Å²) in [5.41, 5.74) is 0. The molecule has 2 fully saturated rings. The lowest BCUT2D eigenvalue weighted by Gasteiger charge is -2.37. The van der Waals surface area contributed by atoms with Crippen LogP contribution in [0.3, 0.4) is 0 Å². The Bertz CT molecular complexity index is 168. The molecule has 15 heavy (non-hydrogen) atoms. The molecule has 0 nitrogen and oxygen atoms in total. The largest absolute Gasteiger partial charge is 0.0651 e. The van der Waals surface area contributed by atoms with Crippen LogP contribution in [0.25, 0.3) is 0 Å². The van der Waals surface area contributed by atoms with Crippen LogP contribution in [-0.4, -0.2) is 0 Å². The van der Waals surface area contributed by atoms with Crippen LogP contribution in [0.5, 0.6) is 0 Å². The fourth-order valence-corrected chi connectivity index (χ4v) is 3.83. The van der Waals surface area contributed by atoms with Crippen molar-refractivity contribution in [3.8, 4) is 0 Å². The lowest BCUT2D eigenvalue weighted by Crippen LogP contribution is -2.25. The van der Waals surface area contributed by atoms with E-state index in [4.69, 9.17) is 0 Å². The van der Waals surface area contributed by atoms with Gasteiger partial charge in [-0.2, -0.15) is 0 Å². The molecular weight excluding hydrogens is 180 g/mol. The first kappa shape index (κ1) is 11.5. The average molecular weight is 208 g/mol. The summed E-state index contributed by atoms with van der Waals surface area (Å²) in [4.78, 5) is 0. The SMILES string of the molecule is CC[C@H]1CC[C@H]([C@H]2CC[C@H](C)CC2)CC1. The molecule has 0 saturated heterocycles. The molecule has 0 aromatic heterocycles. The van der Waals surface area contributed by atoms with E-state index in [-0.39, 0.29) is 0 Å². The van der Waals surface area contributed by atoms with E-state index in [1.807, 2.05) is 0 Å². The summed E-state index contributed by atoms with van der Waals surface area (Å²) < 4.78 is 0. The van der Waals surface area contributed by atoms with Crippen LogP contribution in [0.1, 0.15) is 71.6 Å². The van der Waals surface area contributed by atoms with Crippen molar-refractivity contribution in [2.24, 2.45) is 23.7 Å². The van der Waals surface area contributed by atoms with E-state index >= 15 is 0 Å². The highest BCUT2D eigenvalue weighted by Gasteiger charge is 2.29. The Labute approximate surface area is 95.8 Å². The predicted molar refractivity (Wildman–Crippen MR) is 66.9 cm³/mol. The molecule has 0 atom stereocenters. The fraction of sp³-hybridized carbons (Fsp3) is 1.00. The summed E-state index contributed by atoms with van der Waals surface area (Å²) in [5, 5.41) is 0. The van der Waals surface area contributed by atoms with Crippen molar-refractivity contribution in [1.29, 1.82) is 0 Å². The molecule has 0 radical (unpaired) electrons. The average Bonchev–Trinajstić information content (AvgIpc) is 2.30. The highest BCUT2D eigenvalue weighted by Crippen LogP contribution is 2.41. The molecule has 0 unspecified atom stereocenters. The molecule has 0 aliphatic heterocycles. The van der Waals surface area contributed by atoms with E-state index in [1.165, 1.54) is 32.1 Å². The van der Waals surface area contributed by atoms with Gasteiger partial charge in [0.25, 0.3) is 0 Å². The number of rotatable bonds is 2. The lowest BCUT2D eigenvalue weighted by atomic mass is 9.69. The molecule has 0 bridgehead atoms. The van der Waals surface area contributed by atoms with Gasteiger partial charge in [0.2, 0.25) is 0 Å². The fourth-order valence-electron chi connectivity index (χ4n) is 3.83. The summed E-state index contributed by atoms with van der Waals surface area (Å²) >= 11 is 0. The number of hydrogen-bond donors (Lipinski definition) is 0. The molecule has 2 rings (SSSR count). The van der Waals surface area contributed by atoms with Gasteiger partial charge in [-0.1, -0.05) is 46.0 Å². The van der Waals surface area contributed by atoms with E-state index < -0.39 is 0 Å². The van der Waals surface area contributed by atoms with Crippen molar-refractivity contribution < 1.29 is 0 Å². The van der Waals surface area contributed by atoms with E-state index in [1.54, 1.807) is 25.7 Å². The summed E-state index contributed by atoms with van der Waals surface area (Å²) in [6.45, 7) is 4.80. The van der Waals surface area contributed by atoms with Gasteiger partial charge in [0.1, 0.15) is 0 Å². The van der Waals surface area contributed by atoms with Crippen LogP contribution < -0.4 is 0 Å². The highest BCUT2D eigenvalue weighted by molar-refractivity contribution is 4.80. The highest BCUT2D eigenvalue weighted by atomic mass is 14.3. The first-order chi connectivity index (χ1) is 7.29. The molecule has 88 valence electrons. The Balaban J connectivity index is 1.75. The first-order valence-corrected chi connectivity index (χ1v) is 7.29. The van der Waals surface area contributed by atoms with Gasteiger partial charge >= 0.3 is 0 Å². The molecule has 0 amide bonds. The van der Waals surface area contributed by atoms with E-state index in [0.717, 1.165) is 23.7 Å². The van der Waals surface area contributed by atoms with Crippen LogP contribution in [0, 0.1) is 23.7 Å². The number of hydrogen-bond acceptors (Lipinski definition) is 0. The monoisotopic (exact) mass is 208 g/mol. The maximum absolute atomic E-state index is 2.43. The quantitative estimate of drug-likeness (QED) is 0.597. The molecule has 2 aliphatic rings. The van der Waals surface area contributed by atoms with Crippen LogP contribution in [0.15, 0.2) is 0 Å². The zero-order valence-electron chi connectivity index (χ0n) is 10.7. The van der Waals surface area contributed by atoms with Crippen molar-refractivity contribution in [3.63, 3.8) is 0 Å². The topological polar surface area (TPSA) is 0 Å². The normalized spacial score (nSPS) is 42.8. The molecular formula is C15H28. The summed E-state index contributed by atoms with van der Waals surface area (Å²) in [6.07, 6.45) is 13.7. The zero-order valence-corrected chi connectivity index (χ0v) is 10.7. The Morgan fingerprint density at radius 1 is 0.733 bits per heavy atom. The molecule has 0 heteroatoms. The summed E-state index contributed by atoms with van der Waals surface area (Å²) in [7, 11) is 0. The molecule has 0 aromatic rings. The summed E-state index contributed by atoms with van der Waals surface area (Å²) in [6, 6.07) is 0. The van der Waals surface area contributed by atoms with Gasteiger partial charge < -0.3 is 0 Å². The van der Waals surface area contributed by atoms with Crippen molar-refractivity contribution in [1.82, 2.24) is 0 Å². The van der Waals surface area contributed by atoms with E-state index in [0.29, 0.717) is 0 Å². The Morgan fingerprint density at radius 3 is 1.67 bits per heavy atom. The minimum atomic E-state index is 1.02. The molecule has 0 aromatic carbocycles. The third-order valence-electron chi connectivity index (χ3n) is 5.20.